The summed E-state index contributed by atoms with van der Waals surface area (Å²) in [6.07, 6.45) is 4.80. The topological polar surface area (TPSA) is 35.2 Å². The second-order valence-corrected chi connectivity index (χ2v) is 5.75. The molecule has 2 N–H and O–H groups in total. The fourth-order valence-corrected chi connectivity index (χ4v) is 3.23. The molecule has 0 aromatic heterocycles. The van der Waals surface area contributed by atoms with Crippen molar-refractivity contribution in [3.63, 3.8) is 0 Å². The van der Waals surface area contributed by atoms with Crippen LogP contribution >= 0.6 is 0 Å². The zero-order chi connectivity index (χ0) is 12.6. The lowest BCUT2D eigenvalue weighted by Gasteiger charge is -2.33. The summed E-state index contributed by atoms with van der Waals surface area (Å²) in [6.45, 7) is 1.48. The molecule has 1 saturated heterocycles. The quantitative estimate of drug-likeness (QED) is 0.890. The van der Waals surface area contributed by atoms with Crippen molar-refractivity contribution in [2.24, 2.45) is 17.1 Å². The van der Waals surface area contributed by atoms with Crippen LogP contribution in [0.2, 0.25) is 0 Å². The summed E-state index contributed by atoms with van der Waals surface area (Å²) in [4.78, 5) is 0. The molecule has 2 atom stereocenters. The minimum atomic E-state index is -0.179. The van der Waals surface area contributed by atoms with Crippen molar-refractivity contribution in [1.29, 1.82) is 0 Å². The number of hydrogen-bond acceptors (Lipinski definition) is 2. The molecule has 2 fully saturated rings. The highest BCUT2D eigenvalue weighted by molar-refractivity contribution is 5.19. The zero-order valence-corrected chi connectivity index (χ0v) is 10.6. The second-order valence-electron chi connectivity index (χ2n) is 5.75. The first-order valence-electron chi connectivity index (χ1n) is 6.80. The molecule has 1 heterocycles. The van der Waals surface area contributed by atoms with Crippen LogP contribution < -0.4 is 5.73 Å². The van der Waals surface area contributed by atoms with Crippen LogP contribution in [-0.4, -0.2) is 19.3 Å². The Labute approximate surface area is 107 Å². The normalized spacial score (nSPS) is 31.8. The number of hydrogen-bond donors (Lipinski definition) is 1. The fraction of sp³-hybridized carbons (Fsp3) is 0.600. The lowest BCUT2D eigenvalue weighted by molar-refractivity contribution is 0.0345. The lowest BCUT2D eigenvalue weighted by Crippen LogP contribution is -2.41. The first-order valence-corrected chi connectivity index (χ1v) is 6.80. The van der Waals surface area contributed by atoms with Crippen LogP contribution in [-0.2, 0) is 11.2 Å². The van der Waals surface area contributed by atoms with Gasteiger partial charge in [-0.05, 0) is 49.3 Å². The highest BCUT2D eigenvalue weighted by Crippen LogP contribution is 2.48. The zero-order valence-electron chi connectivity index (χ0n) is 10.6. The van der Waals surface area contributed by atoms with Crippen molar-refractivity contribution < 1.29 is 9.13 Å². The van der Waals surface area contributed by atoms with E-state index in [0.717, 1.165) is 25.0 Å². The Bertz CT molecular complexity index is 415. The maximum atomic E-state index is 12.9. The number of nitrogens with two attached hydrogens (primary N) is 1. The van der Waals surface area contributed by atoms with Gasteiger partial charge in [0.1, 0.15) is 5.82 Å². The predicted octanol–water partition coefficient (Wildman–Crippen LogP) is 2.51. The number of rotatable bonds is 4. The van der Waals surface area contributed by atoms with E-state index in [9.17, 15) is 4.39 Å². The van der Waals surface area contributed by atoms with Crippen molar-refractivity contribution >= 4 is 0 Å². The summed E-state index contributed by atoms with van der Waals surface area (Å²) in [6, 6.07) is 6.80. The van der Waals surface area contributed by atoms with Gasteiger partial charge in [0.25, 0.3) is 0 Å². The van der Waals surface area contributed by atoms with E-state index in [0.29, 0.717) is 18.6 Å². The smallest absolute Gasteiger partial charge is 0.123 e. The van der Waals surface area contributed by atoms with Crippen molar-refractivity contribution in [1.82, 2.24) is 0 Å². The molecular formula is C15H20FNO. The van der Waals surface area contributed by atoms with Gasteiger partial charge < -0.3 is 10.5 Å². The summed E-state index contributed by atoms with van der Waals surface area (Å²) in [5.41, 5.74) is 7.28. The Morgan fingerprint density at radius 2 is 2.00 bits per heavy atom. The van der Waals surface area contributed by atoms with Gasteiger partial charge in [-0.25, -0.2) is 4.39 Å². The third-order valence-electron chi connectivity index (χ3n) is 4.43. The average molecular weight is 249 g/mol. The van der Waals surface area contributed by atoms with Crippen LogP contribution in [0, 0.1) is 17.2 Å². The van der Waals surface area contributed by atoms with E-state index in [1.807, 2.05) is 12.1 Å². The van der Waals surface area contributed by atoms with Gasteiger partial charge in [-0.2, -0.15) is 0 Å². The molecule has 0 spiro atoms. The molecule has 1 aromatic rings. The highest BCUT2D eigenvalue weighted by atomic mass is 19.1. The Morgan fingerprint density at radius 1 is 1.28 bits per heavy atom. The Balaban J connectivity index is 1.80. The van der Waals surface area contributed by atoms with Gasteiger partial charge in [0.15, 0.2) is 0 Å². The van der Waals surface area contributed by atoms with Gasteiger partial charge in [0.05, 0.1) is 6.10 Å². The highest BCUT2D eigenvalue weighted by Gasteiger charge is 2.49. The summed E-state index contributed by atoms with van der Waals surface area (Å²) >= 11 is 0. The maximum Gasteiger partial charge on any atom is 0.123 e. The van der Waals surface area contributed by atoms with Crippen LogP contribution in [0.3, 0.4) is 0 Å². The second kappa shape index (κ2) is 4.63. The van der Waals surface area contributed by atoms with Crippen molar-refractivity contribution in [3.05, 3.63) is 35.6 Å². The van der Waals surface area contributed by atoms with Crippen LogP contribution in [0.5, 0.6) is 0 Å². The molecule has 3 heteroatoms. The molecule has 0 amide bonds. The van der Waals surface area contributed by atoms with E-state index in [1.54, 1.807) is 0 Å². The third kappa shape index (κ3) is 2.17. The predicted molar refractivity (Wildman–Crippen MR) is 68.7 cm³/mol. The largest absolute Gasteiger partial charge is 0.377 e. The van der Waals surface area contributed by atoms with Crippen molar-refractivity contribution in [2.45, 2.75) is 31.8 Å². The molecule has 2 nitrogen and oxygen atoms in total. The monoisotopic (exact) mass is 249 g/mol. The summed E-state index contributed by atoms with van der Waals surface area (Å²) < 4.78 is 18.9. The molecule has 1 saturated carbocycles. The van der Waals surface area contributed by atoms with E-state index >= 15 is 0 Å². The fourth-order valence-electron chi connectivity index (χ4n) is 3.23. The third-order valence-corrected chi connectivity index (χ3v) is 4.43. The molecule has 2 unspecified atom stereocenters. The van der Waals surface area contributed by atoms with E-state index in [1.165, 1.54) is 25.0 Å². The van der Waals surface area contributed by atoms with Crippen LogP contribution in [0.4, 0.5) is 4.39 Å². The van der Waals surface area contributed by atoms with Gasteiger partial charge in [-0.3, -0.25) is 0 Å². The molecule has 0 radical (unpaired) electrons. The Kier molecular flexibility index (Phi) is 3.12. The van der Waals surface area contributed by atoms with Crippen LogP contribution in [0.15, 0.2) is 24.3 Å². The van der Waals surface area contributed by atoms with Gasteiger partial charge in [-0.15, -0.1) is 0 Å². The number of ether oxygens (including phenoxy) is 1. The van der Waals surface area contributed by atoms with Crippen molar-refractivity contribution in [2.75, 3.05) is 13.2 Å². The summed E-state index contributed by atoms with van der Waals surface area (Å²) in [7, 11) is 0. The van der Waals surface area contributed by atoms with Gasteiger partial charge in [-0.1, -0.05) is 12.1 Å². The van der Waals surface area contributed by atoms with Gasteiger partial charge in [0.2, 0.25) is 0 Å². The Hall–Kier alpha value is -0.930. The van der Waals surface area contributed by atoms with Crippen LogP contribution in [0.25, 0.3) is 0 Å². The molecular weight excluding hydrogens is 229 g/mol. The molecule has 98 valence electrons. The molecule has 1 aliphatic carbocycles. The van der Waals surface area contributed by atoms with E-state index in [4.69, 9.17) is 10.5 Å². The minimum Gasteiger partial charge on any atom is -0.377 e. The first-order chi connectivity index (χ1) is 8.73. The lowest BCUT2D eigenvalue weighted by atomic mass is 9.74. The maximum absolute atomic E-state index is 12.9. The molecule has 18 heavy (non-hydrogen) atoms. The standard InChI is InChI=1S/C15H20FNO/c16-13-5-1-11(2-6-13)9-15(10-17)7-8-18-14(15)12-3-4-12/h1-2,5-6,12,14H,3-4,7-10,17H2. The Morgan fingerprint density at radius 3 is 2.61 bits per heavy atom. The van der Waals surface area contributed by atoms with E-state index in [2.05, 4.69) is 0 Å². The number of benzene rings is 1. The summed E-state index contributed by atoms with van der Waals surface area (Å²) in [5.74, 6) is 0.526. The molecule has 1 aromatic carbocycles. The SMILES string of the molecule is NCC1(Cc2ccc(F)cc2)CCOC1C1CC1. The minimum absolute atomic E-state index is 0.0684. The van der Waals surface area contributed by atoms with Crippen molar-refractivity contribution in [3.8, 4) is 0 Å². The van der Waals surface area contributed by atoms with E-state index < -0.39 is 0 Å². The van der Waals surface area contributed by atoms with E-state index in [-0.39, 0.29) is 11.2 Å². The summed E-state index contributed by atoms with van der Waals surface area (Å²) in [5, 5.41) is 0. The molecule has 1 aliphatic heterocycles. The molecule has 2 aliphatic rings. The van der Waals surface area contributed by atoms with Gasteiger partial charge in [0, 0.05) is 18.6 Å². The average Bonchev–Trinajstić information content (AvgIpc) is 3.14. The van der Waals surface area contributed by atoms with Crippen LogP contribution in [0.1, 0.15) is 24.8 Å². The molecule has 3 rings (SSSR count). The van der Waals surface area contributed by atoms with Gasteiger partial charge >= 0.3 is 0 Å². The molecule has 0 bridgehead atoms. The first kappa shape index (κ1) is 12.1. The number of halogens is 1.